The van der Waals surface area contributed by atoms with Crippen LogP contribution in [-0.4, -0.2) is 34.4 Å². The summed E-state index contributed by atoms with van der Waals surface area (Å²) in [7, 11) is 0. The number of pyridine rings is 1. The number of carbonyl (C=O) groups excluding carboxylic acids is 2. The van der Waals surface area contributed by atoms with Crippen molar-refractivity contribution in [3.05, 3.63) is 63.3 Å². The first-order valence-electron chi connectivity index (χ1n) is 8.98. The van der Waals surface area contributed by atoms with E-state index >= 15 is 0 Å². The van der Waals surface area contributed by atoms with Gasteiger partial charge in [0.25, 0.3) is 5.91 Å². The monoisotopic (exact) mass is 404 g/mol. The van der Waals surface area contributed by atoms with Gasteiger partial charge in [-0.3, -0.25) is 9.59 Å². The zero-order valence-electron chi connectivity index (χ0n) is 15.8. The predicted molar refractivity (Wildman–Crippen MR) is 102 cm³/mol. The van der Waals surface area contributed by atoms with Gasteiger partial charge in [0.2, 0.25) is 5.43 Å². The zero-order valence-corrected chi connectivity index (χ0v) is 15.8. The van der Waals surface area contributed by atoms with Gasteiger partial charge in [0, 0.05) is 12.7 Å². The smallest absolute Gasteiger partial charge is 0.356 e. The summed E-state index contributed by atoms with van der Waals surface area (Å²) in [5, 5.41) is 12.0. The van der Waals surface area contributed by atoms with E-state index in [4.69, 9.17) is 4.74 Å². The fourth-order valence-corrected chi connectivity index (χ4v) is 2.58. The lowest BCUT2D eigenvalue weighted by molar-refractivity contribution is -0.108. The number of aldehydes is 1. The van der Waals surface area contributed by atoms with Gasteiger partial charge in [-0.2, -0.15) is 0 Å². The van der Waals surface area contributed by atoms with Crippen molar-refractivity contribution in [2.75, 3.05) is 6.61 Å². The quantitative estimate of drug-likeness (QED) is 0.462. The molecule has 29 heavy (non-hydrogen) atoms. The average molecular weight is 404 g/mol. The summed E-state index contributed by atoms with van der Waals surface area (Å²) in [6.45, 7) is 1.64. The number of ether oxygens (including phenoxy) is 1. The van der Waals surface area contributed by atoms with Crippen molar-refractivity contribution < 1.29 is 28.6 Å². The van der Waals surface area contributed by atoms with Crippen LogP contribution in [0.3, 0.4) is 0 Å². The van der Waals surface area contributed by atoms with E-state index in [2.05, 4.69) is 5.32 Å². The summed E-state index contributed by atoms with van der Waals surface area (Å²) >= 11 is 0. The van der Waals surface area contributed by atoms with E-state index < -0.39 is 34.6 Å². The van der Waals surface area contributed by atoms with Crippen LogP contribution >= 0.6 is 0 Å². The van der Waals surface area contributed by atoms with Crippen molar-refractivity contribution in [2.24, 2.45) is 0 Å². The number of carbonyl (C=O) groups is 3. The van der Waals surface area contributed by atoms with Gasteiger partial charge in [-0.25, -0.2) is 9.18 Å². The molecule has 0 saturated carbocycles. The summed E-state index contributed by atoms with van der Waals surface area (Å²) in [6, 6.07) is 5.43. The highest BCUT2D eigenvalue weighted by Gasteiger charge is 2.25. The highest BCUT2D eigenvalue weighted by molar-refractivity contribution is 5.96. The van der Waals surface area contributed by atoms with E-state index in [1.54, 1.807) is 0 Å². The average Bonchev–Trinajstić information content (AvgIpc) is 2.69. The molecule has 0 spiro atoms. The SMILES string of the molecule is CCCCOc1c(C(=O)O)n(CC=O)cc(C(=O)NCc2ccc(F)cc2)c1=O. The molecular formula is C20H21FN2O6. The summed E-state index contributed by atoms with van der Waals surface area (Å²) < 4.78 is 19.3. The number of carboxylic acid groups (broad SMARTS) is 1. The van der Waals surface area contributed by atoms with Gasteiger partial charge >= 0.3 is 5.97 Å². The van der Waals surface area contributed by atoms with Crippen LogP contribution in [0.5, 0.6) is 5.75 Å². The molecule has 0 unspecified atom stereocenters. The molecule has 0 aliphatic heterocycles. The molecule has 0 aliphatic rings. The lowest BCUT2D eigenvalue weighted by Gasteiger charge is -2.15. The molecule has 154 valence electrons. The van der Waals surface area contributed by atoms with E-state index in [0.717, 1.165) is 17.2 Å². The highest BCUT2D eigenvalue weighted by atomic mass is 19.1. The fraction of sp³-hybridized carbons (Fsp3) is 0.300. The highest BCUT2D eigenvalue weighted by Crippen LogP contribution is 2.16. The molecular weight excluding hydrogens is 383 g/mol. The minimum absolute atomic E-state index is 0.0267. The molecule has 1 heterocycles. The standard InChI is InChI=1S/C20H21FN2O6/c1-2-3-10-29-18-16(20(27)28)23(8-9-24)12-15(17(18)25)19(26)22-11-13-4-6-14(21)7-5-13/h4-7,9,12H,2-3,8,10-11H2,1H3,(H,22,26)(H,27,28). The first-order chi connectivity index (χ1) is 13.9. The van der Waals surface area contributed by atoms with E-state index in [1.807, 2.05) is 6.92 Å². The maximum absolute atomic E-state index is 13.0. The van der Waals surface area contributed by atoms with Crippen molar-refractivity contribution in [1.29, 1.82) is 0 Å². The Morgan fingerprint density at radius 1 is 1.28 bits per heavy atom. The van der Waals surface area contributed by atoms with Gasteiger partial charge in [-0.1, -0.05) is 25.5 Å². The maximum atomic E-state index is 13.0. The lowest BCUT2D eigenvalue weighted by atomic mass is 10.1. The van der Waals surface area contributed by atoms with Crippen molar-refractivity contribution in [1.82, 2.24) is 9.88 Å². The van der Waals surface area contributed by atoms with Crippen LogP contribution in [0.2, 0.25) is 0 Å². The first kappa shape index (κ1) is 21.8. The molecule has 1 amide bonds. The minimum Gasteiger partial charge on any atom is -0.487 e. The topological polar surface area (TPSA) is 115 Å². The van der Waals surface area contributed by atoms with Gasteiger partial charge < -0.3 is 24.5 Å². The molecule has 0 bridgehead atoms. The van der Waals surface area contributed by atoms with Gasteiger partial charge in [-0.05, 0) is 24.1 Å². The molecule has 2 aromatic rings. The van der Waals surface area contributed by atoms with Crippen LogP contribution < -0.4 is 15.5 Å². The third kappa shape index (κ3) is 5.50. The summed E-state index contributed by atoms with van der Waals surface area (Å²) in [5.74, 6) is -3.12. The Hall–Kier alpha value is -3.49. The Balaban J connectivity index is 2.39. The van der Waals surface area contributed by atoms with E-state index in [1.165, 1.54) is 24.3 Å². The number of nitrogens with zero attached hydrogens (tertiary/aromatic N) is 1. The molecule has 0 fully saturated rings. The van der Waals surface area contributed by atoms with Crippen molar-refractivity contribution in [3.8, 4) is 5.75 Å². The molecule has 0 aliphatic carbocycles. The summed E-state index contributed by atoms with van der Waals surface area (Å²) in [5.41, 5.74) is -1.12. The molecule has 1 aromatic heterocycles. The van der Waals surface area contributed by atoms with E-state index in [9.17, 15) is 28.7 Å². The second kappa shape index (κ2) is 10.2. The van der Waals surface area contributed by atoms with Gasteiger partial charge in [0.1, 0.15) is 17.7 Å². The normalized spacial score (nSPS) is 10.4. The number of halogens is 1. The van der Waals surface area contributed by atoms with Gasteiger partial charge in [-0.15, -0.1) is 0 Å². The molecule has 0 radical (unpaired) electrons. The van der Waals surface area contributed by atoms with Crippen LogP contribution in [0.25, 0.3) is 0 Å². The van der Waals surface area contributed by atoms with E-state index in [-0.39, 0.29) is 25.3 Å². The summed E-state index contributed by atoms with van der Waals surface area (Å²) in [6.07, 6.45) is 2.80. The number of aromatic carboxylic acids is 1. The number of rotatable bonds is 10. The number of nitrogens with one attached hydrogen (secondary N) is 1. The molecule has 9 heteroatoms. The Bertz CT molecular complexity index is 953. The predicted octanol–water partition coefficient (Wildman–Crippen LogP) is 1.99. The number of hydrogen-bond donors (Lipinski definition) is 2. The Labute approximate surface area is 165 Å². The lowest BCUT2D eigenvalue weighted by Crippen LogP contribution is -2.32. The second-order valence-electron chi connectivity index (χ2n) is 6.18. The number of benzene rings is 1. The first-order valence-corrected chi connectivity index (χ1v) is 8.98. The molecule has 0 saturated heterocycles. The molecule has 0 atom stereocenters. The Morgan fingerprint density at radius 2 is 1.97 bits per heavy atom. The Kier molecular flexibility index (Phi) is 7.64. The van der Waals surface area contributed by atoms with Crippen LogP contribution in [0.1, 0.15) is 46.2 Å². The Morgan fingerprint density at radius 3 is 2.55 bits per heavy atom. The zero-order chi connectivity index (χ0) is 21.4. The fourth-order valence-electron chi connectivity index (χ4n) is 2.58. The molecule has 2 N–H and O–H groups in total. The number of hydrogen-bond acceptors (Lipinski definition) is 5. The minimum atomic E-state index is -1.45. The van der Waals surface area contributed by atoms with Gasteiger partial charge in [0.05, 0.1) is 13.2 Å². The third-order valence-electron chi connectivity index (χ3n) is 4.07. The van der Waals surface area contributed by atoms with Gasteiger partial charge in [0.15, 0.2) is 11.4 Å². The number of aromatic nitrogens is 1. The van der Waals surface area contributed by atoms with Crippen LogP contribution in [0.15, 0.2) is 35.3 Å². The summed E-state index contributed by atoms with van der Waals surface area (Å²) in [4.78, 5) is 47.9. The van der Waals surface area contributed by atoms with Crippen molar-refractivity contribution in [2.45, 2.75) is 32.9 Å². The maximum Gasteiger partial charge on any atom is 0.356 e. The van der Waals surface area contributed by atoms with Crippen molar-refractivity contribution >= 4 is 18.2 Å². The van der Waals surface area contributed by atoms with Crippen LogP contribution in [0.4, 0.5) is 4.39 Å². The molecule has 8 nitrogen and oxygen atoms in total. The molecule has 2 rings (SSSR count). The third-order valence-corrected chi connectivity index (χ3v) is 4.07. The van der Waals surface area contributed by atoms with Crippen LogP contribution in [-0.2, 0) is 17.9 Å². The number of carboxylic acids is 1. The number of amides is 1. The largest absolute Gasteiger partial charge is 0.487 e. The van der Waals surface area contributed by atoms with E-state index in [0.29, 0.717) is 18.3 Å². The second-order valence-corrected chi connectivity index (χ2v) is 6.18. The number of unbranched alkanes of at least 4 members (excludes halogenated alkanes) is 1. The van der Waals surface area contributed by atoms with Crippen molar-refractivity contribution in [3.63, 3.8) is 0 Å². The molecule has 1 aromatic carbocycles. The van der Waals surface area contributed by atoms with Crippen LogP contribution in [0, 0.1) is 5.82 Å².